The molecule has 0 fully saturated rings. The number of hydrogen-bond donors (Lipinski definition) is 2. The fourth-order valence-electron chi connectivity index (χ4n) is 1.38. The van der Waals surface area contributed by atoms with Crippen LogP contribution < -0.4 is 0 Å². The Morgan fingerprint density at radius 2 is 1.11 bits per heavy atom. The van der Waals surface area contributed by atoms with Gasteiger partial charge in [0.15, 0.2) is 0 Å². The molecule has 110 valence electrons. The first kappa shape index (κ1) is 17.8. The van der Waals surface area contributed by atoms with Crippen molar-refractivity contribution in [3.8, 4) is 0 Å². The highest BCUT2D eigenvalue weighted by atomic mass is 17.3. The SMILES string of the molecule is CCCCC(C)(OO)OOC(C)(CCCC)OO. The second-order valence-electron chi connectivity index (χ2n) is 4.82. The van der Waals surface area contributed by atoms with E-state index in [-0.39, 0.29) is 0 Å². The van der Waals surface area contributed by atoms with E-state index in [9.17, 15) is 0 Å². The Labute approximate surface area is 109 Å². The molecule has 0 aromatic heterocycles. The van der Waals surface area contributed by atoms with Gasteiger partial charge in [0, 0.05) is 12.8 Å². The van der Waals surface area contributed by atoms with Gasteiger partial charge in [-0.2, -0.15) is 9.78 Å². The zero-order valence-corrected chi connectivity index (χ0v) is 11.8. The number of hydrogen-bond acceptors (Lipinski definition) is 6. The van der Waals surface area contributed by atoms with Crippen LogP contribution in [0, 0.1) is 0 Å². The Hall–Kier alpha value is -0.240. The molecular formula is C12H26O6. The highest BCUT2D eigenvalue weighted by Crippen LogP contribution is 2.26. The molecule has 0 rings (SSSR count). The molecule has 0 aliphatic rings. The average Bonchev–Trinajstić information content (AvgIpc) is 2.40. The predicted molar refractivity (Wildman–Crippen MR) is 65.5 cm³/mol. The van der Waals surface area contributed by atoms with Gasteiger partial charge in [-0.1, -0.05) is 26.7 Å². The zero-order valence-electron chi connectivity index (χ0n) is 11.8. The van der Waals surface area contributed by atoms with Gasteiger partial charge in [0.1, 0.15) is 0 Å². The van der Waals surface area contributed by atoms with Crippen LogP contribution in [-0.2, 0) is 19.6 Å². The summed E-state index contributed by atoms with van der Waals surface area (Å²) in [6.07, 6.45) is 4.43. The molecule has 0 aliphatic carbocycles. The summed E-state index contributed by atoms with van der Waals surface area (Å²) in [4.78, 5) is 18.8. The summed E-state index contributed by atoms with van der Waals surface area (Å²) in [5.74, 6) is -2.52. The van der Waals surface area contributed by atoms with Gasteiger partial charge in [0.2, 0.25) is 11.6 Å². The van der Waals surface area contributed by atoms with Gasteiger partial charge in [0.05, 0.1) is 0 Å². The lowest BCUT2D eigenvalue weighted by Crippen LogP contribution is -2.39. The Kier molecular flexibility index (Phi) is 8.67. The summed E-state index contributed by atoms with van der Waals surface area (Å²) >= 11 is 0. The van der Waals surface area contributed by atoms with E-state index in [1.165, 1.54) is 0 Å². The standard InChI is InChI=1S/C12H26O6/c1-5-7-9-11(3,15-13)17-18-12(4,16-14)10-8-6-2/h13-14H,5-10H2,1-4H3. The van der Waals surface area contributed by atoms with E-state index in [0.29, 0.717) is 12.8 Å². The van der Waals surface area contributed by atoms with E-state index in [4.69, 9.17) is 20.3 Å². The van der Waals surface area contributed by atoms with E-state index in [0.717, 1.165) is 25.7 Å². The van der Waals surface area contributed by atoms with Gasteiger partial charge in [-0.15, -0.1) is 0 Å². The number of unbranched alkanes of at least 4 members (excludes halogenated alkanes) is 2. The van der Waals surface area contributed by atoms with Crippen LogP contribution in [0.25, 0.3) is 0 Å². The van der Waals surface area contributed by atoms with E-state index in [1.54, 1.807) is 13.8 Å². The normalized spacial score (nSPS) is 18.3. The largest absolute Gasteiger partial charge is 0.249 e. The molecule has 0 aromatic rings. The summed E-state index contributed by atoms with van der Waals surface area (Å²) in [5, 5.41) is 17.7. The van der Waals surface area contributed by atoms with Crippen LogP contribution in [0.2, 0.25) is 0 Å². The maximum Gasteiger partial charge on any atom is 0.231 e. The molecular weight excluding hydrogens is 240 g/mol. The van der Waals surface area contributed by atoms with Gasteiger partial charge in [-0.25, -0.2) is 20.3 Å². The van der Waals surface area contributed by atoms with E-state index >= 15 is 0 Å². The lowest BCUT2D eigenvalue weighted by molar-refractivity contribution is -0.567. The van der Waals surface area contributed by atoms with Gasteiger partial charge >= 0.3 is 0 Å². The fraction of sp³-hybridized carbons (Fsp3) is 1.00. The Balaban J connectivity index is 4.29. The quantitative estimate of drug-likeness (QED) is 0.337. The topological polar surface area (TPSA) is 77.4 Å². The smallest absolute Gasteiger partial charge is 0.231 e. The molecule has 0 radical (unpaired) electrons. The molecule has 6 nitrogen and oxygen atoms in total. The fourth-order valence-corrected chi connectivity index (χ4v) is 1.38. The third-order valence-electron chi connectivity index (χ3n) is 2.75. The number of rotatable bonds is 11. The van der Waals surface area contributed by atoms with Gasteiger partial charge in [-0.05, 0) is 26.7 Å². The second-order valence-corrected chi connectivity index (χ2v) is 4.82. The highest BCUT2D eigenvalue weighted by Gasteiger charge is 2.34. The molecule has 0 aromatic carbocycles. The summed E-state index contributed by atoms with van der Waals surface area (Å²) in [6.45, 7) is 7.14. The molecule has 0 heterocycles. The van der Waals surface area contributed by atoms with Crippen molar-refractivity contribution >= 4 is 0 Å². The molecule has 2 unspecified atom stereocenters. The minimum atomic E-state index is -1.26. The van der Waals surface area contributed by atoms with E-state index < -0.39 is 11.6 Å². The van der Waals surface area contributed by atoms with E-state index in [1.807, 2.05) is 13.8 Å². The van der Waals surface area contributed by atoms with Gasteiger partial charge in [0.25, 0.3) is 0 Å². The third kappa shape index (κ3) is 6.63. The summed E-state index contributed by atoms with van der Waals surface area (Å²) in [5.41, 5.74) is 0. The third-order valence-corrected chi connectivity index (χ3v) is 2.75. The molecule has 0 saturated carbocycles. The van der Waals surface area contributed by atoms with Crippen LogP contribution in [0.1, 0.15) is 66.2 Å². The van der Waals surface area contributed by atoms with Crippen molar-refractivity contribution in [1.29, 1.82) is 0 Å². The monoisotopic (exact) mass is 266 g/mol. The van der Waals surface area contributed by atoms with Gasteiger partial charge in [-0.3, -0.25) is 0 Å². The van der Waals surface area contributed by atoms with Crippen molar-refractivity contribution in [2.24, 2.45) is 0 Å². The molecule has 0 aliphatic heterocycles. The Morgan fingerprint density at radius 3 is 1.33 bits per heavy atom. The average molecular weight is 266 g/mol. The van der Waals surface area contributed by atoms with Crippen LogP contribution in [0.5, 0.6) is 0 Å². The van der Waals surface area contributed by atoms with Crippen LogP contribution in [-0.4, -0.2) is 22.1 Å². The van der Waals surface area contributed by atoms with Crippen LogP contribution in [0.3, 0.4) is 0 Å². The molecule has 0 bridgehead atoms. The molecule has 2 N–H and O–H groups in total. The lowest BCUT2D eigenvalue weighted by atomic mass is 10.1. The van der Waals surface area contributed by atoms with Crippen molar-refractivity contribution in [1.82, 2.24) is 0 Å². The first-order valence-electron chi connectivity index (χ1n) is 6.47. The Morgan fingerprint density at radius 1 is 0.778 bits per heavy atom. The van der Waals surface area contributed by atoms with Crippen molar-refractivity contribution < 1.29 is 30.1 Å². The van der Waals surface area contributed by atoms with Crippen molar-refractivity contribution in [3.63, 3.8) is 0 Å². The maximum atomic E-state index is 8.85. The molecule has 18 heavy (non-hydrogen) atoms. The summed E-state index contributed by atoms with van der Waals surface area (Å²) in [6, 6.07) is 0. The van der Waals surface area contributed by atoms with Crippen LogP contribution in [0.15, 0.2) is 0 Å². The van der Waals surface area contributed by atoms with Crippen molar-refractivity contribution in [3.05, 3.63) is 0 Å². The summed E-state index contributed by atoms with van der Waals surface area (Å²) in [7, 11) is 0. The maximum absolute atomic E-state index is 8.85. The van der Waals surface area contributed by atoms with Crippen LogP contribution in [0.4, 0.5) is 0 Å². The second kappa shape index (κ2) is 8.79. The van der Waals surface area contributed by atoms with Crippen molar-refractivity contribution in [2.45, 2.75) is 77.8 Å². The molecule has 2 atom stereocenters. The van der Waals surface area contributed by atoms with E-state index in [2.05, 4.69) is 9.78 Å². The minimum Gasteiger partial charge on any atom is -0.249 e. The molecule has 0 spiro atoms. The molecule has 6 heteroatoms. The van der Waals surface area contributed by atoms with Gasteiger partial charge < -0.3 is 0 Å². The minimum absolute atomic E-state index is 0.468. The Bertz CT molecular complexity index is 191. The molecule has 0 amide bonds. The zero-order chi connectivity index (χ0) is 14.1. The first-order valence-corrected chi connectivity index (χ1v) is 6.47. The molecule has 0 saturated heterocycles. The first-order chi connectivity index (χ1) is 8.45. The lowest BCUT2D eigenvalue weighted by Gasteiger charge is -2.30. The predicted octanol–water partition coefficient (Wildman–Crippen LogP) is 3.73. The summed E-state index contributed by atoms with van der Waals surface area (Å²) < 4.78 is 0. The highest BCUT2D eigenvalue weighted by molar-refractivity contribution is 4.62. The van der Waals surface area contributed by atoms with Crippen LogP contribution >= 0.6 is 0 Å². The van der Waals surface area contributed by atoms with Crippen molar-refractivity contribution in [2.75, 3.05) is 0 Å².